The van der Waals surface area contributed by atoms with Crippen LogP contribution in [0.2, 0.25) is 0 Å². The molecule has 1 amide bonds. The molecule has 1 unspecified atom stereocenters. The van der Waals surface area contributed by atoms with E-state index in [2.05, 4.69) is 26.7 Å². The predicted molar refractivity (Wildman–Crippen MR) is 97.3 cm³/mol. The Hall–Kier alpha value is -2.47. The number of nitrogens with one attached hydrogen (secondary N) is 2. The van der Waals surface area contributed by atoms with Crippen molar-refractivity contribution in [3.05, 3.63) is 46.9 Å². The third-order valence-electron chi connectivity index (χ3n) is 4.08. The second-order valence-corrected chi connectivity index (χ2v) is 6.53. The first-order valence-corrected chi connectivity index (χ1v) is 8.60. The van der Waals surface area contributed by atoms with Gasteiger partial charge < -0.3 is 15.4 Å². The van der Waals surface area contributed by atoms with Crippen LogP contribution in [0.15, 0.2) is 24.3 Å². The van der Waals surface area contributed by atoms with E-state index in [0.717, 1.165) is 25.1 Å². The number of amides is 1. The van der Waals surface area contributed by atoms with Crippen molar-refractivity contribution in [2.24, 2.45) is 0 Å². The second kappa shape index (κ2) is 7.61. The molecule has 0 radical (unpaired) electrons. The molecule has 1 aromatic carbocycles. The van der Waals surface area contributed by atoms with Gasteiger partial charge >= 0.3 is 0 Å². The van der Waals surface area contributed by atoms with Gasteiger partial charge in [-0.25, -0.2) is 9.97 Å². The number of nitrogens with zero attached hydrogens (tertiary/aromatic N) is 2. The number of carbonyl (C=O) groups excluding carboxylic acids is 1. The molecule has 1 aromatic heterocycles. The third kappa shape index (κ3) is 4.76. The van der Waals surface area contributed by atoms with Crippen LogP contribution in [0, 0.1) is 20.8 Å². The molecule has 1 saturated heterocycles. The van der Waals surface area contributed by atoms with E-state index in [1.165, 1.54) is 11.1 Å². The molecule has 3 rings (SSSR count). The van der Waals surface area contributed by atoms with Crippen molar-refractivity contribution in [3.8, 4) is 0 Å². The number of ether oxygens (including phenoxy) is 1. The van der Waals surface area contributed by atoms with Crippen LogP contribution in [0.25, 0.3) is 0 Å². The topological polar surface area (TPSA) is 76.1 Å². The second-order valence-electron chi connectivity index (χ2n) is 6.53. The minimum Gasteiger partial charge on any atom is -0.376 e. The fourth-order valence-corrected chi connectivity index (χ4v) is 3.05. The van der Waals surface area contributed by atoms with E-state index >= 15 is 0 Å². The Morgan fingerprint density at radius 2 is 1.92 bits per heavy atom. The first kappa shape index (κ1) is 17.4. The maximum Gasteiger partial charge on any atom is 0.270 e. The van der Waals surface area contributed by atoms with Crippen LogP contribution in [-0.4, -0.2) is 35.1 Å². The first-order valence-electron chi connectivity index (χ1n) is 8.60. The van der Waals surface area contributed by atoms with Crippen LogP contribution in [0.1, 0.15) is 40.3 Å². The van der Waals surface area contributed by atoms with Gasteiger partial charge in [0.1, 0.15) is 17.3 Å². The summed E-state index contributed by atoms with van der Waals surface area (Å²) in [6, 6.07) is 7.87. The largest absolute Gasteiger partial charge is 0.376 e. The number of benzene rings is 1. The highest BCUT2D eigenvalue weighted by Crippen LogP contribution is 2.19. The summed E-state index contributed by atoms with van der Waals surface area (Å²) in [7, 11) is 0. The molecular weight excluding hydrogens is 316 g/mol. The molecule has 1 fully saturated rings. The van der Waals surface area contributed by atoms with Gasteiger partial charge in [0.05, 0.1) is 6.10 Å². The molecule has 2 heterocycles. The average Bonchev–Trinajstić information content (AvgIpc) is 3.04. The summed E-state index contributed by atoms with van der Waals surface area (Å²) in [4.78, 5) is 21.0. The van der Waals surface area contributed by atoms with Gasteiger partial charge in [-0.15, -0.1) is 0 Å². The van der Waals surface area contributed by atoms with Crippen LogP contribution in [0.4, 0.5) is 11.5 Å². The van der Waals surface area contributed by atoms with Gasteiger partial charge in [0.2, 0.25) is 0 Å². The molecule has 1 aliphatic rings. The van der Waals surface area contributed by atoms with Gasteiger partial charge in [0.15, 0.2) is 0 Å². The fourth-order valence-electron chi connectivity index (χ4n) is 3.05. The van der Waals surface area contributed by atoms with Crippen LogP contribution in [0.3, 0.4) is 0 Å². The zero-order valence-electron chi connectivity index (χ0n) is 14.9. The number of carbonyl (C=O) groups is 1. The molecule has 0 saturated carbocycles. The number of rotatable bonds is 5. The van der Waals surface area contributed by atoms with Crippen molar-refractivity contribution >= 4 is 17.4 Å². The normalized spacial score (nSPS) is 16.7. The maximum atomic E-state index is 12.4. The quantitative estimate of drug-likeness (QED) is 0.875. The average molecular weight is 340 g/mol. The molecule has 0 spiro atoms. The smallest absolute Gasteiger partial charge is 0.270 e. The minimum atomic E-state index is -0.204. The van der Waals surface area contributed by atoms with E-state index in [1.807, 2.05) is 26.0 Å². The number of hydrogen-bond donors (Lipinski definition) is 2. The number of aromatic nitrogens is 2. The van der Waals surface area contributed by atoms with E-state index in [4.69, 9.17) is 4.74 Å². The Morgan fingerprint density at radius 1 is 1.16 bits per heavy atom. The lowest BCUT2D eigenvalue weighted by atomic mass is 10.1. The zero-order valence-corrected chi connectivity index (χ0v) is 14.9. The highest BCUT2D eigenvalue weighted by atomic mass is 16.5. The summed E-state index contributed by atoms with van der Waals surface area (Å²) in [6.07, 6.45) is 2.15. The van der Waals surface area contributed by atoms with Crippen molar-refractivity contribution in [1.29, 1.82) is 0 Å². The maximum absolute atomic E-state index is 12.4. The van der Waals surface area contributed by atoms with E-state index in [0.29, 0.717) is 23.9 Å². The molecular formula is C19H24N4O2. The minimum absolute atomic E-state index is 0.111. The van der Waals surface area contributed by atoms with Crippen LogP contribution < -0.4 is 10.6 Å². The van der Waals surface area contributed by atoms with Crippen LogP contribution in [0.5, 0.6) is 0 Å². The lowest BCUT2D eigenvalue weighted by molar-refractivity contribution is 0.0853. The van der Waals surface area contributed by atoms with E-state index < -0.39 is 0 Å². The highest BCUT2D eigenvalue weighted by molar-refractivity contribution is 5.93. The van der Waals surface area contributed by atoms with Gasteiger partial charge in [-0.05, 0) is 56.9 Å². The summed E-state index contributed by atoms with van der Waals surface area (Å²) >= 11 is 0. The molecule has 0 bridgehead atoms. The summed E-state index contributed by atoms with van der Waals surface area (Å²) in [5.41, 5.74) is 3.64. The predicted octanol–water partition coefficient (Wildman–Crippen LogP) is 3.05. The summed E-state index contributed by atoms with van der Waals surface area (Å²) in [6.45, 7) is 7.17. The summed E-state index contributed by atoms with van der Waals surface area (Å²) < 4.78 is 5.53. The summed E-state index contributed by atoms with van der Waals surface area (Å²) in [5.74, 6) is 0.959. The standard InChI is InChI=1S/C19H24N4O2/c1-12-7-13(2)9-15(8-12)23-18-10-17(21-14(3)22-18)19(24)20-11-16-5-4-6-25-16/h7-10,16H,4-6,11H2,1-3H3,(H,20,24)(H,21,22,23). The van der Waals surface area contributed by atoms with Gasteiger partial charge in [0.25, 0.3) is 5.91 Å². The Labute approximate surface area is 148 Å². The monoisotopic (exact) mass is 340 g/mol. The molecule has 1 atom stereocenters. The number of aryl methyl sites for hydroxylation is 3. The van der Waals surface area contributed by atoms with Crippen molar-refractivity contribution in [2.75, 3.05) is 18.5 Å². The van der Waals surface area contributed by atoms with Crippen molar-refractivity contribution in [2.45, 2.75) is 39.7 Å². The van der Waals surface area contributed by atoms with Gasteiger partial charge in [-0.2, -0.15) is 0 Å². The molecule has 1 aliphatic heterocycles. The lowest BCUT2D eigenvalue weighted by Gasteiger charge is -2.12. The SMILES string of the molecule is Cc1cc(C)cc(Nc2cc(C(=O)NCC3CCCO3)nc(C)n2)c1. The van der Waals surface area contributed by atoms with Crippen molar-refractivity contribution in [3.63, 3.8) is 0 Å². The molecule has 2 aromatic rings. The van der Waals surface area contributed by atoms with E-state index in [-0.39, 0.29) is 12.0 Å². The van der Waals surface area contributed by atoms with Crippen molar-refractivity contribution < 1.29 is 9.53 Å². The molecule has 132 valence electrons. The van der Waals surface area contributed by atoms with Crippen LogP contribution >= 0.6 is 0 Å². The van der Waals surface area contributed by atoms with Crippen LogP contribution in [-0.2, 0) is 4.74 Å². The first-order chi connectivity index (χ1) is 12.0. The van der Waals surface area contributed by atoms with E-state index in [1.54, 1.807) is 13.0 Å². The molecule has 0 aliphatic carbocycles. The van der Waals surface area contributed by atoms with Crippen molar-refractivity contribution in [1.82, 2.24) is 15.3 Å². The number of hydrogen-bond acceptors (Lipinski definition) is 5. The fraction of sp³-hybridized carbons (Fsp3) is 0.421. The third-order valence-corrected chi connectivity index (χ3v) is 4.08. The molecule has 2 N–H and O–H groups in total. The zero-order chi connectivity index (χ0) is 17.8. The molecule has 6 nitrogen and oxygen atoms in total. The van der Waals surface area contributed by atoms with Gasteiger partial charge in [-0.1, -0.05) is 6.07 Å². The molecule has 6 heteroatoms. The Kier molecular flexibility index (Phi) is 5.28. The Bertz CT molecular complexity index is 750. The van der Waals surface area contributed by atoms with Gasteiger partial charge in [0, 0.05) is 24.9 Å². The Balaban J connectivity index is 1.71. The van der Waals surface area contributed by atoms with Gasteiger partial charge in [-0.3, -0.25) is 4.79 Å². The van der Waals surface area contributed by atoms with E-state index in [9.17, 15) is 4.79 Å². The highest BCUT2D eigenvalue weighted by Gasteiger charge is 2.17. The molecule has 25 heavy (non-hydrogen) atoms. The Morgan fingerprint density at radius 3 is 2.60 bits per heavy atom. The lowest BCUT2D eigenvalue weighted by Crippen LogP contribution is -2.32. The summed E-state index contributed by atoms with van der Waals surface area (Å²) in [5, 5.41) is 6.16. The number of anilines is 2.